The first kappa shape index (κ1) is 18.8. The number of nitrogens with one attached hydrogen (secondary N) is 4. The molecule has 4 N–H and O–H groups in total. The number of amidine groups is 2. The van der Waals surface area contributed by atoms with E-state index in [1.54, 1.807) is 0 Å². The number of aromatic nitrogens is 2. The second-order valence-electron chi connectivity index (χ2n) is 8.29. The van der Waals surface area contributed by atoms with Crippen molar-refractivity contribution in [1.29, 1.82) is 0 Å². The molecule has 2 aromatic carbocycles. The summed E-state index contributed by atoms with van der Waals surface area (Å²) in [4.78, 5) is 19.4. The SMILES string of the molecule is c1cc2nc(c1)N[C@H]1N=C(Nc3cccc(n3)N[C@H]3N=C(N2)c2ccccc23)c2ccccc21. The molecule has 2 atom stereocenters. The highest BCUT2D eigenvalue weighted by atomic mass is 15.2. The van der Waals surface area contributed by atoms with E-state index >= 15 is 0 Å². The normalized spacial score (nSPS) is 19.3. The lowest BCUT2D eigenvalue weighted by Gasteiger charge is -2.14. The Bertz CT molecular complexity index is 1380. The summed E-state index contributed by atoms with van der Waals surface area (Å²) in [6.45, 7) is 0. The molecule has 4 aromatic rings. The standard InChI is InChI=1S/C26H20N8/c1-2-8-16-15(7-1)23-29-19-11-5-13-21(27-19)31-25-17-9-3-4-10-18(17)26(34-25)32-22-14-6-12-20(28-22)30-24(16)33-23/h1-14,23,26H,(H2,27,29,31,34)(H2,28,30,32,33)/t23-,26-/m0/s1. The van der Waals surface area contributed by atoms with E-state index in [9.17, 15) is 0 Å². The van der Waals surface area contributed by atoms with Crippen molar-refractivity contribution in [3.8, 4) is 0 Å². The summed E-state index contributed by atoms with van der Waals surface area (Å²) >= 11 is 0. The number of pyridine rings is 2. The Balaban J connectivity index is 1.36. The Hall–Kier alpha value is -4.72. The van der Waals surface area contributed by atoms with Crippen molar-refractivity contribution in [3.63, 3.8) is 0 Å². The first-order valence-electron chi connectivity index (χ1n) is 11.2. The smallest absolute Gasteiger partial charge is 0.148 e. The molecule has 34 heavy (non-hydrogen) atoms. The predicted octanol–water partition coefficient (Wildman–Crippen LogP) is 4.76. The van der Waals surface area contributed by atoms with E-state index in [1.165, 1.54) is 0 Å². The van der Waals surface area contributed by atoms with Crippen LogP contribution in [-0.2, 0) is 0 Å². The van der Waals surface area contributed by atoms with Gasteiger partial charge in [-0.05, 0) is 24.3 Å². The first-order valence-corrected chi connectivity index (χ1v) is 11.2. The molecule has 0 spiro atoms. The van der Waals surface area contributed by atoms with Gasteiger partial charge in [0, 0.05) is 22.3 Å². The molecule has 0 saturated carbocycles. The molecule has 0 fully saturated rings. The van der Waals surface area contributed by atoms with Gasteiger partial charge in [-0.1, -0.05) is 60.7 Å². The monoisotopic (exact) mass is 444 g/mol. The van der Waals surface area contributed by atoms with Crippen LogP contribution in [0.3, 0.4) is 0 Å². The van der Waals surface area contributed by atoms with Crippen molar-refractivity contribution in [2.45, 2.75) is 12.3 Å². The first-order chi connectivity index (χ1) is 16.8. The summed E-state index contributed by atoms with van der Waals surface area (Å²) < 4.78 is 0. The van der Waals surface area contributed by atoms with Crippen LogP contribution in [0.25, 0.3) is 0 Å². The lowest BCUT2D eigenvalue weighted by atomic mass is 10.1. The second kappa shape index (κ2) is 7.41. The van der Waals surface area contributed by atoms with E-state index in [1.807, 2.05) is 60.7 Å². The zero-order valence-electron chi connectivity index (χ0n) is 18.0. The number of hydrogen-bond acceptors (Lipinski definition) is 8. The summed E-state index contributed by atoms with van der Waals surface area (Å²) in [5, 5.41) is 13.7. The third-order valence-electron chi connectivity index (χ3n) is 6.10. The molecule has 0 saturated heterocycles. The van der Waals surface area contributed by atoms with Gasteiger partial charge >= 0.3 is 0 Å². The van der Waals surface area contributed by atoms with Gasteiger partial charge in [-0.3, -0.25) is 0 Å². The Morgan fingerprint density at radius 3 is 1.41 bits per heavy atom. The van der Waals surface area contributed by atoms with Gasteiger partial charge in [-0.15, -0.1) is 0 Å². The van der Waals surface area contributed by atoms with Gasteiger partial charge in [0.15, 0.2) is 0 Å². The van der Waals surface area contributed by atoms with E-state index in [2.05, 4.69) is 45.5 Å². The number of aliphatic imine (C=N–C) groups is 2. The van der Waals surface area contributed by atoms with Gasteiger partial charge in [-0.25, -0.2) is 20.0 Å². The van der Waals surface area contributed by atoms with Crippen molar-refractivity contribution < 1.29 is 0 Å². The average molecular weight is 445 g/mol. The summed E-state index contributed by atoms with van der Waals surface area (Å²) in [7, 11) is 0. The summed E-state index contributed by atoms with van der Waals surface area (Å²) in [5.41, 5.74) is 4.25. The number of fused-ring (bicyclic) bond motifs is 12. The van der Waals surface area contributed by atoms with Gasteiger partial charge < -0.3 is 21.3 Å². The topological polar surface area (TPSA) is 98.6 Å². The van der Waals surface area contributed by atoms with Crippen LogP contribution in [-0.4, -0.2) is 21.6 Å². The lowest BCUT2D eigenvalue weighted by Crippen LogP contribution is -2.14. The second-order valence-corrected chi connectivity index (χ2v) is 8.29. The summed E-state index contributed by atoms with van der Waals surface area (Å²) in [5.74, 6) is 4.41. The van der Waals surface area contributed by atoms with Crippen LogP contribution < -0.4 is 21.3 Å². The van der Waals surface area contributed by atoms with Gasteiger partial charge in [0.05, 0.1) is 0 Å². The molecule has 5 heterocycles. The molecule has 8 heteroatoms. The Morgan fingerprint density at radius 2 is 0.912 bits per heavy atom. The molecule has 164 valence electrons. The van der Waals surface area contributed by atoms with Crippen molar-refractivity contribution >= 4 is 34.9 Å². The van der Waals surface area contributed by atoms with Crippen molar-refractivity contribution in [3.05, 3.63) is 107 Å². The summed E-state index contributed by atoms with van der Waals surface area (Å²) in [6, 6.07) is 28.1. The molecule has 8 nitrogen and oxygen atoms in total. The molecule has 0 unspecified atom stereocenters. The maximum atomic E-state index is 4.92. The number of nitrogens with zero attached hydrogens (tertiary/aromatic N) is 4. The fraction of sp³-hybridized carbons (Fsp3) is 0.0769. The third kappa shape index (κ3) is 3.15. The predicted molar refractivity (Wildman–Crippen MR) is 134 cm³/mol. The van der Waals surface area contributed by atoms with Crippen LogP contribution in [0, 0.1) is 0 Å². The minimum absolute atomic E-state index is 0.260. The lowest BCUT2D eigenvalue weighted by molar-refractivity contribution is 0.849. The van der Waals surface area contributed by atoms with Crippen LogP contribution in [0.4, 0.5) is 23.3 Å². The molecule has 3 aliphatic rings. The molecular formula is C26H20N8. The Morgan fingerprint density at radius 1 is 0.471 bits per heavy atom. The maximum absolute atomic E-state index is 4.92. The van der Waals surface area contributed by atoms with E-state index in [-0.39, 0.29) is 12.3 Å². The van der Waals surface area contributed by atoms with Crippen LogP contribution in [0.15, 0.2) is 94.9 Å². The largest absolute Gasteiger partial charge is 0.345 e. The highest BCUT2D eigenvalue weighted by Gasteiger charge is 2.27. The molecule has 0 aliphatic carbocycles. The molecule has 3 aliphatic heterocycles. The zero-order chi connectivity index (χ0) is 22.5. The molecule has 8 bridgehead atoms. The van der Waals surface area contributed by atoms with Crippen LogP contribution in [0.2, 0.25) is 0 Å². The Labute approximate surface area is 195 Å². The minimum atomic E-state index is -0.260. The molecule has 7 rings (SSSR count). The van der Waals surface area contributed by atoms with Crippen molar-refractivity contribution in [2.75, 3.05) is 21.3 Å². The minimum Gasteiger partial charge on any atom is -0.345 e. The third-order valence-corrected chi connectivity index (χ3v) is 6.10. The molecule has 0 amide bonds. The van der Waals surface area contributed by atoms with Crippen LogP contribution in [0.1, 0.15) is 34.6 Å². The molecule has 2 aromatic heterocycles. The van der Waals surface area contributed by atoms with Gasteiger partial charge in [-0.2, -0.15) is 0 Å². The van der Waals surface area contributed by atoms with Crippen LogP contribution in [0.5, 0.6) is 0 Å². The van der Waals surface area contributed by atoms with E-state index in [4.69, 9.17) is 20.0 Å². The number of anilines is 4. The Kier molecular flexibility index (Phi) is 4.10. The van der Waals surface area contributed by atoms with Crippen molar-refractivity contribution in [2.24, 2.45) is 9.98 Å². The van der Waals surface area contributed by atoms with Crippen LogP contribution >= 0.6 is 0 Å². The zero-order valence-corrected chi connectivity index (χ0v) is 18.0. The number of hydrogen-bond donors (Lipinski definition) is 4. The van der Waals surface area contributed by atoms with E-state index in [0.29, 0.717) is 11.6 Å². The highest BCUT2D eigenvalue weighted by Crippen LogP contribution is 2.33. The van der Waals surface area contributed by atoms with E-state index in [0.717, 1.165) is 45.6 Å². The maximum Gasteiger partial charge on any atom is 0.148 e. The fourth-order valence-corrected chi connectivity index (χ4v) is 4.55. The molecular weight excluding hydrogens is 424 g/mol. The van der Waals surface area contributed by atoms with Gasteiger partial charge in [0.2, 0.25) is 0 Å². The quantitative estimate of drug-likeness (QED) is 0.312. The van der Waals surface area contributed by atoms with E-state index < -0.39 is 0 Å². The highest BCUT2D eigenvalue weighted by molar-refractivity contribution is 6.11. The van der Waals surface area contributed by atoms with Gasteiger partial charge in [0.1, 0.15) is 47.3 Å². The number of rotatable bonds is 0. The average Bonchev–Trinajstić information content (AvgIpc) is 3.37. The fourth-order valence-electron chi connectivity index (χ4n) is 4.55. The summed E-state index contributed by atoms with van der Waals surface area (Å²) in [6.07, 6.45) is -0.519. The van der Waals surface area contributed by atoms with Gasteiger partial charge in [0.25, 0.3) is 0 Å². The molecule has 0 radical (unpaired) electrons. The number of benzene rings is 2. The van der Waals surface area contributed by atoms with Crippen molar-refractivity contribution in [1.82, 2.24) is 9.97 Å².